The second-order valence-corrected chi connectivity index (χ2v) is 4.20. The Hall–Kier alpha value is -1.75. The fourth-order valence-corrected chi connectivity index (χ4v) is 1.72. The highest BCUT2D eigenvalue weighted by molar-refractivity contribution is 5.74. The maximum absolute atomic E-state index is 11.2. The molecule has 0 aliphatic carbocycles. The van der Waals surface area contributed by atoms with Gasteiger partial charge in [-0.3, -0.25) is 9.69 Å². The van der Waals surface area contributed by atoms with Crippen LogP contribution in [0.25, 0.3) is 0 Å². The number of aliphatic carboxylic acids is 1. The Labute approximate surface area is 107 Å². The first-order chi connectivity index (χ1) is 8.49. The van der Waals surface area contributed by atoms with Crippen molar-refractivity contribution in [2.24, 2.45) is 0 Å². The summed E-state index contributed by atoms with van der Waals surface area (Å²) in [6, 6.07) is 4.81. The van der Waals surface area contributed by atoms with Crippen molar-refractivity contribution in [3.05, 3.63) is 23.8 Å². The van der Waals surface area contributed by atoms with E-state index in [0.717, 1.165) is 5.56 Å². The fourth-order valence-electron chi connectivity index (χ4n) is 1.72. The Kier molecular flexibility index (Phi) is 4.97. The third-order valence-corrected chi connectivity index (χ3v) is 2.82. The van der Waals surface area contributed by atoms with E-state index < -0.39 is 12.0 Å². The molecule has 0 spiro atoms. The molecule has 1 unspecified atom stereocenters. The Balaban J connectivity index is 2.98. The highest BCUT2D eigenvalue weighted by Crippen LogP contribution is 2.26. The third-order valence-electron chi connectivity index (χ3n) is 2.82. The quantitative estimate of drug-likeness (QED) is 0.827. The largest absolute Gasteiger partial charge is 0.497 e. The Morgan fingerprint density at radius 1 is 1.33 bits per heavy atom. The van der Waals surface area contributed by atoms with Gasteiger partial charge >= 0.3 is 5.97 Å². The van der Waals surface area contributed by atoms with Crippen LogP contribution in [-0.4, -0.2) is 50.3 Å². The minimum Gasteiger partial charge on any atom is -0.497 e. The van der Waals surface area contributed by atoms with Crippen LogP contribution in [0.1, 0.15) is 5.56 Å². The summed E-state index contributed by atoms with van der Waals surface area (Å²) in [6.45, 7) is 0. The van der Waals surface area contributed by atoms with Gasteiger partial charge in [-0.15, -0.1) is 0 Å². The summed E-state index contributed by atoms with van der Waals surface area (Å²) in [7, 11) is 6.63. The summed E-state index contributed by atoms with van der Waals surface area (Å²) in [5, 5.41) is 9.16. The maximum atomic E-state index is 11.2. The van der Waals surface area contributed by atoms with Crippen LogP contribution in [0.4, 0.5) is 0 Å². The number of hydrogen-bond acceptors (Lipinski definition) is 4. The maximum Gasteiger partial charge on any atom is 0.321 e. The number of hydrogen-bond donors (Lipinski definition) is 1. The lowest BCUT2D eigenvalue weighted by atomic mass is 10.0. The molecule has 0 saturated heterocycles. The van der Waals surface area contributed by atoms with Crippen molar-refractivity contribution in [3.63, 3.8) is 0 Å². The molecule has 1 atom stereocenters. The summed E-state index contributed by atoms with van der Waals surface area (Å²) in [6.07, 6.45) is 0.384. The molecule has 0 aliphatic rings. The van der Waals surface area contributed by atoms with Crippen LogP contribution in [0.2, 0.25) is 0 Å². The Bertz CT molecular complexity index is 417. The molecule has 0 aliphatic heterocycles. The van der Waals surface area contributed by atoms with Gasteiger partial charge in [0.15, 0.2) is 0 Å². The molecule has 1 aromatic carbocycles. The zero-order valence-electron chi connectivity index (χ0n) is 11.1. The molecule has 0 saturated carbocycles. The summed E-state index contributed by atoms with van der Waals surface area (Å²) < 4.78 is 10.4. The fraction of sp³-hybridized carbons (Fsp3) is 0.462. The number of rotatable bonds is 6. The molecule has 0 fully saturated rings. The second-order valence-electron chi connectivity index (χ2n) is 4.20. The van der Waals surface area contributed by atoms with Gasteiger partial charge in [0, 0.05) is 12.5 Å². The first-order valence-electron chi connectivity index (χ1n) is 5.59. The van der Waals surface area contributed by atoms with Gasteiger partial charge in [0.25, 0.3) is 0 Å². The van der Waals surface area contributed by atoms with Gasteiger partial charge in [-0.1, -0.05) is 6.07 Å². The van der Waals surface area contributed by atoms with Crippen molar-refractivity contribution in [1.82, 2.24) is 4.90 Å². The number of ether oxygens (including phenoxy) is 2. The van der Waals surface area contributed by atoms with Crippen molar-refractivity contribution in [3.8, 4) is 11.5 Å². The van der Waals surface area contributed by atoms with Gasteiger partial charge in [0.1, 0.15) is 17.5 Å². The molecule has 1 N–H and O–H groups in total. The second kappa shape index (κ2) is 6.26. The van der Waals surface area contributed by atoms with Crippen molar-refractivity contribution >= 4 is 5.97 Å². The number of carbonyl (C=O) groups is 1. The molecule has 1 aromatic rings. The molecule has 1 rings (SSSR count). The van der Waals surface area contributed by atoms with Crippen LogP contribution in [-0.2, 0) is 11.2 Å². The van der Waals surface area contributed by atoms with Gasteiger partial charge in [0.2, 0.25) is 0 Å². The van der Waals surface area contributed by atoms with Gasteiger partial charge < -0.3 is 14.6 Å². The van der Waals surface area contributed by atoms with Gasteiger partial charge in [-0.2, -0.15) is 0 Å². The van der Waals surface area contributed by atoms with E-state index in [2.05, 4.69) is 0 Å². The lowest BCUT2D eigenvalue weighted by molar-refractivity contribution is -0.142. The van der Waals surface area contributed by atoms with Crippen LogP contribution in [0, 0.1) is 0 Å². The molecule has 0 heterocycles. The summed E-state index contributed by atoms with van der Waals surface area (Å²) in [5.74, 6) is 0.479. The number of benzene rings is 1. The van der Waals surface area contributed by atoms with E-state index in [1.54, 1.807) is 45.3 Å². The molecule has 0 bridgehead atoms. The highest BCUT2D eigenvalue weighted by Gasteiger charge is 2.22. The SMILES string of the molecule is COc1ccc(CC(C(=O)O)N(C)C)c(OC)c1. The summed E-state index contributed by atoms with van der Waals surface area (Å²) >= 11 is 0. The first kappa shape index (κ1) is 14.3. The Morgan fingerprint density at radius 3 is 2.44 bits per heavy atom. The van der Waals surface area contributed by atoms with Gasteiger partial charge in [-0.25, -0.2) is 0 Å². The number of nitrogens with zero attached hydrogens (tertiary/aromatic N) is 1. The predicted molar refractivity (Wildman–Crippen MR) is 68.4 cm³/mol. The minimum absolute atomic E-state index is 0.384. The molecule has 5 nitrogen and oxygen atoms in total. The van der Waals surface area contributed by atoms with Crippen molar-refractivity contribution < 1.29 is 19.4 Å². The van der Waals surface area contributed by atoms with E-state index in [9.17, 15) is 4.79 Å². The number of methoxy groups -OCH3 is 2. The normalized spacial score (nSPS) is 12.3. The molecule has 5 heteroatoms. The van der Waals surface area contributed by atoms with Crippen molar-refractivity contribution in [2.45, 2.75) is 12.5 Å². The smallest absolute Gasteiger partial charge is 0.321 e. The van der Waals surface area contributed by atoms with Gasteiger partial charge in [-0.05, 0) is 25.7 Å². The lowest BCUT2D eigenvalue weighted by Crippen LogP contribution is -2.37. The van der Waals surface area contributed by atoms with E-state index in [0.29, 0.717) is 17.9 Å². The topological polar surface area (TPSA) is 59.0 Å². The monoisotopic (exact) mass is 253 g/mol. The van der Waals surface area contributed by atoms with E-state index >= 15 is 0 Å². The zero-order chi connectivity index (χ0) is 13.7. The lowest BCUT2D eigenvalue weighted by Gasteiger charge is -2.21. The molecule has 0 aromatic heterocycles. The first-order valence-corrected chi connectivity index (χ1v) is 5.59. The van der Waals surface area contributed by atoms with Crippen LogP contribution in [0.5, 0.6) is 11.5 Å². The van der Waals surface area contributed by atoms with E-state index in [1.165, 1.54) is 0 Å². The van der Waals surface area contributed by atoms with Crippen LogP contribution in [0.15, 0.2) is 18.2 Å². The molecular weight excluding hydrogens is 234 g/mol. The van der Waals surface area contributed by atoms with Crippen LogP contribution < -0.4 is 9.47 Å². The Morgan fingerprint density at radius 2 is 2.00 bits per heavy atom. The molecule has 0 amide bonds. The molecular formula is C13H19NO4. The number of carboxylic acids is 1. The third kappa shape index (κ3) is 3.37. The molecule has 0 radical (unpaired) electrons. The average molecular weight is 253 g/mol. The predicted octanol–water partition coefficient (Wildman–Crippen LogP) is 1.26. The minimum atomic E-state index is -0.849. The summed E-state index contributed by atoms with van der Waals surface area (Å²) in [5.41, 5.74) is 0.847. The standard InChI is InChI=1S/C13H19NO4/c1-14(2)11(13(15)16)7-9-5-6-10(17-3)8-12(9)18-4/h5-6,8,11H,7H2,1-4H3,(H,15,16). The summed E-state index contributed by atoms with van der Waals surface area (Å²) in [4.78, 5) is 12.8. The average Bonchev–Trinajstić information content (AvgIpc) is 2.34. The number of likely N-dealkylation sites (N-methyl/N-ethyl adjacent to an activating group) is 1. The van der Waals surface area contributed by atoms with Crippen molar-refractivity contribution in [2.75, 3.05) is 28.3 Å². The zero-order valence-corrected chi connectivity index (χ0v) is 11.1. The van der Waals surface area contributed by atoms with E-state index in [-0.39, 0.29) is 0 Å². The number of carboxylic acid groups (broad SMARTS) is 1. The molecule has 100 valence electrons. The van der Waals surface area contributed by atoms with Crippen LogP contribution in [0.3, 0.4) is 0 Å². The van der Waals surface area contributed by atoms with Crippen molar-refractivity contribution in [1.29, 1.82) is 0 Å². The van der Waals surface area contributed by atoms with Gasteiger partial charge in [0.05, 0.1) is 14.2 Å². The van der Waals surface area contributed by atoms with E-state index in [4.69, 9.17) is 14.6 Å². The van der Waals surface area contributed by atoms with E-state index in [1.807, 2.05) is 6.07 Å². The molecule has 18 heavy (non-hydrogen) atoms. The van der Waals surface area contributed by atoms with Crippen LogP contribution >= 0.6 is 0 Å². The highest BCUT2D eigenvalue weighted by atomic mass is 16.5.